The van der Waals surface area contributed by atoms with Crippen molar-refractivity contribution >= 4 is 58.1 Å². The quantitative estimate of drug-likeness (QED) is 0.147. The first-order chi connectivity index (χ1) is 22.8. The predicted octanol–water partition coefficient (Wildman–Crippen LogP) is 10.8. The highest BCUT2D eigenvalue weighted by Gasteiger charge is 2.32. The molecule has 6 nitrogen and oxygen atoms in total. The normalized spacial score (nSPS) is 16.6. The van der Waals surface area contributed by atoms with Gasteiger partial charge < -0.3 is 20.6 Å². The van der Waals surface area contributed by atoms with E-state index in [1.54, 1.807) is 12.3 Å². The van der Waals surface area contributed by atoms with Crippen molar-refractivity contribution < 1.29 is 13.2 Å². The Morgan fingerprint density at radius 2 is 1.39 bits per heavy atom. The molecule has 3 heterocycles. The Balaban J connectivity index is 0.000000184. The summed E-state index contributed by atoms with van der Waals surface area (Å²) in [5.41, 5.74) is 9.03. The van der Waals surface area contributed by atoms with Crippen LogP contribution in [0.2, 0.25) is 0 Å². The Bertz CT molecular complexity index is 2080. The average Bonchev–Trinajstić information content (AvgIpc) is 3.65. The lowest BCUT2D eigenvalue weighted by atomic mass is 9.91. The Labute approximate surface area is 295 Å². The van der Waals surface area contributed by atoms with Gasteiger partial charge in [0, 0.05) is 45.1 Å². The Hall–Kier alpha value is -4.65. The van der Waals surface area contributed by atoms with Crippen molar-refractivity contribution in [3.63, 3.8) is 0 Å². The minimum Gasteiger partial charge on any atom is -0.377 e. The van der Waals surface area contributed by atoms with Gasteiger partial charge in [0.05, 0.1) is 23.2 Å². The van der Waals surface area contributed by atoms with E-state index < -0.39 is 11.7 Å². The molecule has 0 bridgehead atoms. The van der Waals surface area contributed by atoms with Crippen LogP contribution in [0.3, 0.4) is 0 Å². The second kappa shape index (κ2) is 14.9. The number of hydrogen-bond donors (Lipinski definition) is 4. The second-order valence-corrected chi connectivity index (χ2v) is 12.4. The molecule has 3 aromatic heterocycles. The van der Waals surface area contributed by atoms with Gasteiger partial charge >= 0.3 is 6.18 Å². The molecule has 2 unspecified atom stereocenters. The topological polar surface area (TPSA) is 92.3 Å². The summed E-state index contributed by atoms with van der Waals surface area (Å²) in [5, 5.41) is 17.9. The number of aryl methyl sites for hydroxylation is 3. The molecule has 0 fully saturated rings. The Kier molecular flexibility index (Phi) is 10.8. The number of H-pyrrole nitrogens is 2. The van der Waals surface area contributed by atoms with Crippen molar-refractivity contribution in [3.8, 4) is 6.07 Å². The Morgan fingerprint density at radius 1 is 0.776 bits per heavy atom. The number of pyridine rings is 1. The van der Waals surface area contributed by atoms with Gasteiger partial charge in [-0.05, 0) is 111 Å². The highest BCUT2D eigenvalue weighted by atomic mass is 35.5. The molecule has 0 amide bonds. The van der Waals surface area contributed by atoms with Gasteiger partial charge in [0.25, 0.3) is 0 Å². The zero-order valence-corrected chi connectivity index (χ0v) is 28.5. The van der Waals surface area contributed by atoms with E-state index in [2.05, 4.69) is 56.8 Å². The van der Waals surface area contributed by atoms with Crippen LogP contribution in [-0.4, -0.2) is 15.0 Å². The van der Waals surface area contributed by atoms with Gasteiger partial charge in [0.15, 0.2) is 0 Å². The van der Waals surface area contributed by atoms with E-state index in [-0.39, 0.29) is 36.9 Å². The number of nitrogens with zero attached hydrogens (tertiary/aromatic N) is 2. The summed E-state index contributed by atoms with van der Waals surface area (Å²) in [5.74, 6) is 0.816. The molecular formula is C38H37Cl2F3N6. The van der Waals surface area contributed by atoms with Crippen LogP contribution in [0.25, 0.3) is 21.8 Å². The average molecular weight is 706 g/mol. The number of para-hydroxylation sites is 1. The minimum absolute atomic E-state index is 0. The molecule has 2 atom stereocenters. The number of alkyl halides is 3. The van der Waals surface area contributed by atoms with E-state index >= 15 is 0 Å². The van der Waals surface area contributed by atoms with Gasteiger partial charge in [-0.15, -0.1) is 24.8 Å². The van der Waals surface area contributed by atoms with Crippen LogP contribution in [0.1, 0.15) is 77.0 Å². The van der Waals surface area contributed by atoms with E-state index in [0.717, 1.165) is 66.4 Å². The van der Waals surface area contributed by atoms with Gasteiger partial charge in [0.1, 0.15) is 11.9 Å². The largest absolute Gasteiger partial charge is 0.416 e. The number of rotatable bonds is 4. The zero-order valence-electron chi connectivity index (χ0n) is 26.8. The predicted molar refractivity (Wildman–Crippen MR) is 195 cm³/mol. The number of anilines is 2. The molecule has 3 aromatic carbocycles. The van der Waals surface area contributed by atoms with Gasteiger partial charge in [0.2, 0.25) is 0 Å². The second-order valence-electron chi connectivity index (χ2n) is 12.4. The molecule has 6 aromatic rings. The number of aromatic amines is 2. The van der Waals surface area contributed by atoms with Crippen LogP contribution in [-0.2, 0) is 19.0 Å². The molecule has 2 aliphatic rings. The molecule has 0 spiro atoms. The minimum atomic E-state index is -4.31. The van der Waals surface area contributed by atoms with Crippen molar-refractivity contribution in [2.24, 2.45) is 0 Å². The lowest BCUT2D eigenvalue weighted by Gasteiger charge is -2.24. The molecule has 254 valence electrons. The highest BCUT2D eigenvalue weighted by molar-refractivity contribution is 5.87. The molecular weight excluding hydrogens is 668 g/mol. The van der Waals surface area contributed by atoms with E-state index in [1.165, 1.54) is 46.3 Å². The molecule has 0 aliphatic heterocycles. The standard InChI is InChI=1S/C19H17F3N2.C19H18N4.2ClH/c20-19(21,22)12-9-10-16-15(11-12)14-7-4-8-17(18(14)24-16)23-13-5-2-1-3-6-13;1-12-5-7-16-15(9-12)14-3-2-4-17(19(14)23-16)22-18-8-6-13(10-20)11-21-18;;/h1-3,5-6,9-11,17,23-24H,4,7-8H2;5-9,11,17,23H,2-4H2,1H3,(H,21,22);2*1H. The molecule has 8 rings (SSSR count). The molecule has 4 N–H and O–H groups in total. The molecule has 0 saturated carbocycles. The van der Waals surface area contributed by atoms with E-state index in [0.29, 0.717) is 10.9 Å². The maximum Gasteiger partial charge on any atom is 0.416 e. The van der Waals surface area contributed by atoms with Gasteiger partial charge in [-0.2, -0.15) is 18.4 Å². The fourth-order valence-electron chi connectivity index (χ4n) is 6.96. The number of nitrogens with one attached hydrogen (secondary N) is 4. The van der Waals surface area contributed by atoms with Crippen molar-refractivity contribution in [2.75, 3.05) is 10.6 Å². The van der Waals surface area contributed by atoms with Gasteiger partial charge in [-0.1, -0.05) is 29.8 Å². The maximum atomic E-state index is 13.0. The molecule has 49 heavy (non-hydrogen) atoms. The summed E-state index contributed by atoms with van der Waals surface area (Å²) in [4.78, 5) is 11.3. The molecule has 0 radical (unpaired) electrons. The van der Waals surface area contributed by atoms with E-state index in [4.69, 9.17) is 5.26 Å². The number of benzene rings is 3. The molecule has 11 heteroatoms. The lowest BCUT2D eigenvalue weighted by molar-refractivity contribution is -0.137. The molecule has 0 saturated heterocycles. The third kappa shape index (κ3) is 7.51. The number of nitriles is 1. The number of fused-ring (bicyclic) bond motifs is 6. The van der Waals surface area contributed by atoms with Gasteiger partial charge in [-0.25, -0.2) is 4.98 Å². The SMILES string of the molecule is Cc1ccc2[nH]c3c(c2c1)CCCC3Nc1ccc(C#N)cn1.Cl.Cl.FC(F)(F)c1ccc2[nH]c3c(c2c1)CCCC3Nc1ccccc1. The van der Waals surface area contributed by atoms with Crippen molar-refractivity contribution in [1.29, 1.82) is 5.26 Å². The van der Waals surface area contributed by atoms with Crippen LogP contribution in [0, 0.1) is 18.3 Å². The van der Waals surface area contributed by atoms with Gasteiger partial charge in [-0.3, -0.25) is 0 Å². The monoisotopic (exact) mass is 704 g/mol. The van der Waals surface area contributed by atoms with Crippen molar-refractivity contribution in [3.05, 3.63) is 124 Å². The summed E-state index contributed by atoms with van der Waals surface area (Å²) in [6.45, 7) is 2.14. The third-order valence-electron chi connectivity index (χ3n) is 9.23. The Morgan fingerprint density at radius 3 is 1.98 bits per heavy atom. The summed E-state index contributed by atoms with van der Waals surface area (Å²) >= 11 is 0. The van der Waals surface area contributed by atoms with Crippen LogP contribution < -0.4 is 10.6 Å². The fraction of sp³-hybridized carbons (Fsp3) is 0.263. The summed E-state index contributed by atoms with van der Waals surface area (Å²) in [6, 6.07) is 26.5. The zero-order chi connectivity index (χ0) is 32.5. The highest BCUT2D eigenvalue weighted by Crippen LogP contribution is 2.40. The summed E-state index contributed by atoms with van der Waals surface area (Å²) in [6.07, 6.45) is 3.40. The lowest BCUT2D eigenvalue weighted by Crippen LogP contribution is -2.17. The molecule has 2 aliphatic carbocycles. The number of halogens is 5. The van der Waals surface area contributed by atoms with Crippen LogP contribution in [0.4, 0.5) is 24.7 Å². The maximum absolute atomic E-state index is 13.0. The smallest absolute Gasteiger partial charge is 0.377 e. The number of hydrogen-bond acceptors (Lipinski definition) is 4. The van der Waals surface area contributed by atoms with Crippen LogP contribution in [0.15, 0.2) is 85.1 Å². The van der Waals surface area contributed by atoms with Crippen LogP contribution >= 0.6 is 24.8 Å². The number of aromatic nitrogens is 3. The first kappa shape index (κ1) is 35.7. The summed E-state index contributed by atoms with van der Waals surface area (Å²) in [7, 11) is 0. The van der Waals surface area contributed by atoms with E-state index in [1.807, 2.05) is 36.4 Å². The summed E-state index contributed by atoms with van der Waals surface area (Å²) < 4.78 is 39.0. The first-order valence-electron chi connectivity index (χ1n) is 16.0. The van der Waals surface area contributed by atoms with E-state index in [9.17, 15) is 13.2 Å². The van der Waals surface area contributed by atoms with Crippen molar-refractivity contribution in [2.45, 2.75) is 63.7 Å². The third-order valence-corrected chi connectivity index (χ3v) is 9.23. The first-order valence-corrected chi connectivity index (χ1v) is 16.0. The van der Waals surface area contributed by atoms with Crippen molar-refractivity contribution in [1.82, 2.24) is 15.0 Å². The fourth-order valence-corrected chi connectivity index (χ4v) is 6.96. The van der Waals surface area contributed by atoms with Crippen LogP contribution in [0.5, 0.6) is 0 Å².